The molecule has 6 nitrogen and oxygen atoms in total. The van der Waals surface area contributed by atoms with Crippen molar-refractivity contribution in [2.75, 3.05) is 13.1 Å². The predicted molar refractivity (Wildman–Crippen MR) is 128 cm³/mol. The number of aromatic nitrogens is 4. The standard InChI is InChI=1S/C26H28N6/c1-2-12-27-16-24-31-21-11-10-19(15-23(21)32-24)9-8-18-5-3-6-20(14-18)25-26(30-17-29-25)22-7-4-13-28-22/h3,5-6,10-11,14-15,17,22,27-28H,2,4,7,12-13,16H2,1H3,(H,29,30)(H,31,32)/t22-/m0/s1. The average Bonchev–Trinajstić information content (AvgIpc) is 3.58. The van der Waals surface area contributed by atoms with Crippen molar-refractivity contribution in [1.82, 2.24) is 30.6 Å². The molecule has 4 aromatic rings. The van der Waals surface area contributed by atoms with E-state index in [2.05, 4.69) is 62.5 Å². The Morgan fingerprint density at radius 3 is 2.88 bits per heavy atom. The number of hydrogen-bond acceptors (Lipinski definition) is 4. The van der Waals surface area contributed by atoms with Crippen LogP contribution in [0.4, 0.5) is 0 Å². The zero-order chi connectivity index (χ0) is 21.8. The van der Waals surface area contributed by atoms with Crippen molar-refractivity contribution in [3.05, 3.63) is 71.4 Å². The van der Waals surface area contributed by atoms with Gasteiger partial charge in [-0.1, -0.05) is 30.9 Å². The first-order valence-corrected chi connectivity index (χ1v) is 11.4. The molecular formula is C26H28N6. The fraction of sp³-hybridized carbons (Fsp3) is 0.308. The van der Waals surface area contributed by atoms with Crippen LogP contribution in [0.25, 0.3) is 22.3 Å². The maximum Gasteiger partial charge on any atom is 0.121 e. The number of aromatic amines is 2. The number of nitrogens with zero attached hydrogens (tertiary/aromatic N) is 2. The lowest BCUT2D eigenvalue weighted by atomic mass is 10.0. The number of fused-ring (bicyclic) bond motifs is 1. The molecule has 32 heavy (non-hydrogen) atoms. The van der Waals surface area contributed by atoms with Crippen LogP contribution >= 0.6 is 0 Å². The van der Waals surface area contributed by atoms with E-state index in [0.717, 1.165) is 71.7 Å². The molecule has 1 fully saturated rings. The first-order chi connectivity index (χ1) is 15.8. The highest BCUT2D eigenvalue weighted by Gasteiger charge is 2.21. The summed E-state index contributed by atoms with van der Waals surface area (Å²) in [7, 11) is 0. The van der Waals surface area contributed by atoms with Gasteiger partial charge in [-0.25, -0.2) is 9.97 Å². The third-order valence-electron chi connectivity index (χ3n) is 5.82. The van der Waals surface area contributed by atoms with Gasteiger partial charge in [0.1, 0.15) is 5.82 Å². The Hall–Kier alpha value is -3.40. The van der Waals surface area contributed by atoms with Crippen LogP contribution < -0.4 is 10.6 Å². The van der Waals surface area contributed by atoms with Crippen LogP contribution in [0.3, 0.4) is 0 Å². The normalized spacial score (nSPS) is 15.7. The fourth-order valence-electron chi connectivity index (χ4n) is 4.22. The molecule has 0 unspecified atom stereocenters. The lowest BCUT2D eigenvalue weighted by Crippen LogP contribution is -2.14. The van der Waals surface area contributed by atoms with Gasteiger partial charge in [0.25, 0.3) is 0 Å². The molecule has 0 saturated carbocycles. The first-order valence-electron chi connectivity index (χ1n) is 11.4. The molecular weight excluding hydrogens is 396 g/mol. The molecule has 1 aliphatic heterocycles. The fourth-order valence-corrected chi connectivity index (χ4v) is 4.22. The molecule has 0 bridgehead atoms. The number of rotatable bonds is 6. The Balaban J connectivity index is 1.36. The highest BCUT2D eigenvalue weighted by molar-refractivity contribution is 5.77. The van der Waals surface area contributed by atoms with Gasteiger partial charge in [0, 0.05) is 22.7 Å². The second-order valence-electron chi connectivity index (χ2n) is 8.24. The second-order valence-corrected chi connectivity index (χ2v) is 8.24. The van der Waals surface area contributed by atoms with E-state index in [1.54, 1.807) is 6.33 Å². The topological polar surface area (TPSA) is 81.4 Å². The van der Waals surface area contributed by atoms with Crippen molar-refractivity contribution in [3.8, 4) is 23.1 Å². The van der Waals surface area contributed by atoms with Gasteiger partial charge in [0.05, 0.1) is 35.3 Å². The van der Waals surface area contributed by atoms with Gasteiger partial charge < -0.3 is 20.6 Å². The quantitative estimate of drug-likeness (QED) is 0.275. The zero-order valence-electron chi connectivity index (χ0n) is 18.3. The Bertz CT molecular complexity index is 1270. The van der Waals surface area contributed by atoms with Gasteiger partial charge in [-0.05, 0) is 62.7 Å². The number of H-pyrrole nitrogens is 2. The van der Waals surface area contributed by atoms with Crippen molar-refractivity contribution >= 4 is 11.0 Å². The Morgan fingerprint density at radius 2 is 2.03 bits per heavy atom. The Kier molecular flexibility index (Phi) is 6.02. The molecule has 2 aromatic heterocycles. The van der Waals surface area contributed by atoms with Crippen LogP contribution in [0, 0.1) is 11.8 Å². The predicted octanol–water partition coefficient (Wildman–Crippen LogP) is 4.28. The highest BCUT2D eigenvalue weighted by Crippen LogP contribution is 2.30. The summed E-state index contributed by atoms with van der Waals surface area (Å²) in [6, 6.07) is 14.8. The van der Waals surface area contributed by atoms with E-state index in [1.807, 2.05) is 24.3 Å². The third-order valence-corrected chi connectivity index (χ3v) is 5.82. The van der Waals surface area contributed by atoms with Crippen molar-refractivity contribution in [2.45, 2.75) is 38.8 Å². The summed E-state index contributed by atoms with van der Waals surface area (Å²) < 4.78 is 0. The van der Waals surface area contributed by atoms with Gasteiger partial charge in [0.15, 0.2) is 0 Å². The summed E-state index contributed by atoms with van der Waals surface area (Å²) in [5, 5.41) is 6.93. The molecule has 1 aliphatic rings. The Morgan fingerprint density at radius 1 is 1.12 bits per heavy atom. The molecule has 1 saturated heterocycles. The van der Waals surface area contributed by atoms with Crippen LogP contribution in [-0.2, 0) is 6.54 Å². The molecule has 4 N–H and O–H groups in total. The largest absolute Gasteiger partial charge is 0.347 e. The summed E-state index contributed by atoms with van der Waals surface area (Å²) in [6.45, 7) is 4.96. The summed E-state index contributed by atoms with van der Waals surface area (Å²) >= 11 is 0. The minimum Gasteiger partial charge on any atom is -0.347 e. The molecule has 162 valence electrons. The van der Waals surface area contributed by atoms with Crippen molar-refractivity contribution in [3.63, 3.8) is 0 Å². The SMILES string of the molecule is CCCNCc1nc2cc(C#Cc3cccc(-c4nc[nH]c4[C@@H]4CCCN4)c3)ccc2[nH]1. The van der Waals surface area contributed by atoms with Crippen molar-refractivity contribution in [2.24, 2.45) is 0 Å². The van der Waals surface area contributed by atoms with E-state index in [9.17, 15) is 0 Å². The van der Waals surface area contributed by atoms with Crippen LogP contribution in [0.15, 0.2) is 48.8 Å². The van der Waals surface area contributed by atoms with Crippen LogP contribution in [0.2, 0.25) is 0 Å². The number of nitrogens with one attached hydrogen (secondary N) is 4. The zero-order valence-corrected chi connectivity index (χ0v) is 18.3. The molecule has 2 aromatic carbocycles. The lowest BCUT2D eigenvalue weighted by Gasteiger charge is -2.10. The minimum atomic E-state index is 0.352. The maximum atomic E-state index is 4.69. The van der Waals surface area contributed by atoms with Gasteiger partial charge in [0.2, 0.25) is 0 Å². The van der Waals surface area contributed by atoms with E-state index in [4.69, 9.17) is 4.98 Å². The van der Waals surface area contributed by atoms with E-state index in [0.29, 0.717) is 6.04 Å². The van der Waals surface area contributed by atoms with Crippen molar-refractivity contribution in [1.29, 1.82) is 0 Å². The van der Waals surface area contributed by atoms with Gasteiger partial charge in [-0.15, -0.1) is 0 Å². The molecule has 1 atom stereocenters. The van der Waals surface area contributed by atoms with Crippen LogP contribution in [-0.4, -0.2) is 33.0 Å². The smallest absolute Gasteiger partial charge is 0.121 e. The number of hydrogen-bond donors (Lipinski definition) is 4. The monoisotopic (exact) mass is 424 g/mol. The van der Waals surface area contributed by atoms with Crippen molar-refractivity contribution < 1.29 is 0 Å². The molecule has 5 rings (SSSR count). The summed E-state index contributed by atoms with van der Waals surface area (Å²) in [5.74, 6) is 7.56. The summed E-state index contributed by atoms with van der Waals surface area (Å²) in [4.78, 5) is 16.0. The first kappa shape index (κ1) is 20.5. The maximum absolute atomic E-state index is 4.69. The third kappa shape index (κ3) is 4.45. The van der Waals surface area contributed by atoms with Gasteiger partial charge in [-0.3, -0.25) is 0 Å². The second kappa shape index (κ2) is 9.39. The number of benzene rings is 2. The molecule has 0 radical (unpaired) electrons. The lowest BCUT2D eigenvalue weighted by molar-refractivity contribution is 0.633. The van der Waals surface area contributed by atoms with Crippen LogP contribution in [0.5, 0.6) is 0 Å². The van der Waals surface area contributed by atoms with Gasteiger partial charge >= 0.3 is 0 Å². The Labute approximate surface area is 188 Å². The van der Waals surface area contributed by atoms with E-state index < -0.39 is 0 Å². The minimum absolute atomic E-state index is 0.352. The number of imidazole rings is 2. The van der Waals surface area contributed by atoms with E-state index >= 15 is 0 Å². The summed E-state index contributed by atoms with van der Waals surface area (Å²) in [5.41, 5.74) is 7.19. The molecule has 3 heterocycles. The highest BCUT2D eigenvalue weighted by atomic mass is 15.0. The summed E-state index contributed by atoms with van der Waals surface area (Å²) in [6.07, 6.45) is 5.24. The molecule has 6 heteroatoms. The van der Waals surface area contributed by atoms with Gasteiger partial charge in [-0.2, -0.15) is 0 Å². The van der Waals surface area contributed by atoms with E-state index in [1.165, 1.54) is 12.1 Å². The van der Waals surface area contributed by atoms with Crippen LogP contribution in [0.1, 0.15) is 54.9 Å². The molecule has 0 aliphatic carbocycles. The molecule has 0 amide bonds. The average molecular weight is 425 g/mol. The van der Waals surface area contributed by atoms with E-state index in [-0.39, 0.29) is 0 Å². The molecule has 0 spiro atoms.